The van der Waals surface area contributed by atoms with Crippen molar-refractivity contribution in [3.05, 3.63) is 0 Å². The van der Waals surface area contributed by atoms with Gasteiger partial charge in [0.2, 0.25) is 6.41 Å². The molecule has 0 fully saturated rings. The number of ether oxygens (including phenoxy) is 1. The molecule has 18 heavy (non-hydrogen) atoms. The van der Waals surface area contributed by atoms with Crippen LogP contribution in [0.3, 0.4) is 0 Å². The average Bonchev–Trinajstić information content (AvgIpc) is 2.38. The summed E-state index contributed by atoms with van der Waals surface area (Å²) >= 11 is 0. The van der Waals surface area contributed by atoms with E-state index in [-0.39, 0.29) is 32.9 Å². The van der Waals surface area contributed by atoms with Gasteiger partial charge in [0.25, 0.3) is 0 Å². The molecule has 0 unspecified atom stereocenters. The maximum Gasteiger partial charge on any atom is 0.318 e. The number of hydrogen-bond donors (Lipinski definition) is 3. The maximum absolute atomic E-state index is 11.5. The quantitative estimate of drug-likeness (QED) is 0.238. The molecule has 0 aromatic rings. The van der Waals surface area contributed by atoms with Gasteiger partial charge in [0.1, 0.15) is 0 Å². The van der Waals surface area contributed by atoms with Crippen molar-refractivity contribution >= 4 is 18.2 Å². The number of imide groups is 1. The first-order valence-electron chi connectivity index (χ1n) is 5.60. The van der Waals surface area contributed by atoms with Crippen LogP contribution in [0.25, 0.3) is 0 Å². The highest BCUT2D eigenvalue weighted by Crippen LogP contribution is 1.89. The first-order chi connectivity index (χ1) is 8.67. The van der Waals surface area contributed by atoms with Crippen molar-refractivity contribution in [2.45, 2.75) is 6.42 Å². The summed E-state index contributed by atoms with van der Waals surface area (Å²) in [5.41, 5.74) is 5.24. The lowest BCUT2D eigenvalue weighted by Gasteiger charge is -2.14. The predicted octanol–water partition coefficient (Wildman–Crippen LogP) is -2.55. The number of nitrogens with zero attached hydrogens (tertiary/aromatic N) is 1. The van der Waals surface area contributed by atoms with Crippen molar-refractivity contribution in [3.8, 4) is 0 Å². The summed E-state index contributed by atoms with van der Waals surface area (Å²) in [5, 5.41) is 10.7. The Hall–Kier alpha value is -1.51. The van der Waals surface area contributed by atoms with Crippen LogP contribution in [0, 0.1) is 0 Å². The van der Waals surface area contributed by atoms with E-state index in [0.717, 1.165) is 4.90 Å². The van der Waals surface area contributed by atoms with E-state index in [4.69, 9.17) is 15.6 Å². The Labute approximate surface area is 105 Å². The molecule has 104 valence electrons. The lowest BCUT2D eigenvalue weighted by molar-refractivity contribution is -0.148. The average molecular weight is 261 g/mol. The third kappa shape index (κ3) is 6.94. The molecular formula is C10H19N3O5. The molecule has 8 nitrogen and oxygen atoms in total. The maximum atomic E-state index is 11.5. The molecule has 0 radical (unpaired) electrons. The van der Waals surface area contributed by atoms with Crippen LogP contribution >= 0.6 is 0 Å². The number of hydrogen-bond acceptors (Lipinski definition) is 6. The summed E-state index contributed by atoms with van der Waals surface area (Å²) in [5.74, 6) is -1.78. The van der Waals surface area contributed by atoms with Crippen LogP contribution in [0.2, 0.25) is 0 Å². The molecule has 0 aliphatic carbocycles. The third-order valence-electron chi connectivity index (χ3n) is 1.95. The molecule has 0 rings (SSSR count). The van der Waals surface area contributed by atoms with E-state index in [1.54, 1.807) is 0 Å². The highest BCUT2D eigenvalue weighted by atomic mass is 16.5. The number of nitrogens with two attached hydrogens (primary N) is 1. The van der Waals surface area contributed by atoms with Crippen LogP contribution in [0.1, 0.15) is 6.42 Å². The Morgan fingerprint density at radius 2 is 2.11 bits per heavy atom. The van der Waals surface area contributed by atoms with Gasteiger partial charge in [0.05, 0.1) is 19.8 Å². The molecule has 4 N–H and O–H groups in total. The molecule has 8 heteroatoms. The summed E-state index contributed by atoms with van der Waals surface area (Å²) in [6.07, 6.45) is 0.747. The summed E-state index contributed by atoms with van der Waals surface area (Å²) in [6.45, 7) is 0.824. The van der Waals surface area contributed by atoms with E-state index in [2.05, 4.69) is 5.32 Å². The van der Waals surface area contributed by atoms with E-state index < -0.39 is 11.8 Å². The van der Waals surface area contributed by atoms with E-state index >= 15 is 0 Å². The van der Waals surface area contributed by atoms with Crippen LogP contribution in [0.4, 0.5) is 0 Å². The number of aliphatic hydroxyl groups excluding tert-OH is 1. The zero-order valence-electron chi connectivity index (χ0n) is 10.1. The molecule has 0 aliphatic rings. The van der Waals surface area contributed by atoms with Gasteiger partial charge in [-0.1, -0.05) is 0 Å². The molecule has 0 aliphatic heterocycles. The lowest BCUT2D eigenvalue weighted by Crippen LogP contribution is -2.44. The molecular weight excluding hydrogens is 242 g/mol. The minimum atomic E-state index is -0.916. The van der Waals surface area contributed by atoms with E-state index in [1.807, 2.05) is 0 Å². The van der Waals surface area contributed by atoms with Crippen molar-refractivity contribution in [2.24, 2.45) is 5.73 Å². The molecule has 3 amide bonds. The van der Waals surface area contributed by atoms with Gasteiger partial charge in [-0.15, -0.1) is 0 Å². The Balaban J connectivity index is 3.92. The first-order valence-corrected chi connectivity index (χ1v) is 5.60. The molecule has 0 saturated heterocycles. The van der Waals surface area contributed by atoms with Gasteiger partial charge in [-0.3, -0.25) is 19.3 Å². The SMILES string of the molecule is NCCCN(C=O)C(=O)C(=O)NCCOCCO. The largest absolute Gasteiger partial charge is 0.394 e. The fourth-order valence-electron chi connectivity index (χ4n) is 1.07. The highest BCUT2D eigenvalue weighted by molar-refractivity contribution is 6.36. The zero-order valence-corrected chi connectivity index (χ0v) is 10.1. The van der Waals surface area contributed by atoms with Gasteiger partial charge in [0.15, 0.2) is 0 Å². The highest BCUT2D eigenvalue weighted by Gasteiger charge is 2.20. The number of nitrogens with one attached hydrogen (secondary N) is 1. The second kappa shape index (κ2) is 10.6. The normalized spacial score (nSPS) is 9.89. The lowest BCUT2D eigenvalue weighted by atomic mass is 10.3. The topological polar surface area (TPSA) is 122 Å². The molecule has 0 saturated carbocycles. The smallest absolute Gasteiger partial charge is 0.318 e. The number of carbonyl (C=O) groups excluding carboxylic acids is 3. The van der Waals surface area contributed by atoms with Gasteiger partial charge in [-0.2, -0.15) is 0 Å². The summed E-state index contributed by atoms with van der Waals surface area (Å²) in [6, 6.07) is 0. The molecule has 0 bridgehead atoms. The van der Waals surface area contributed by atoms with E-state index in [0.29, 0.717) is 19.4 Å². The standard InChI is InChI=1S/C10H19N3O5/c11-2-1-4-13(8-15)10(17)9(16)12-3-6-18-7-5-14/h8,14H,1-7,11H2,(H,12,16). The number of carbonyl (C=O) groups is 3. The monoisotopic (exact) mass is 261 g/mol. The van der Waals surface area contributed by atoms with Gasteiger partial charge in [0, 0.05) is 13.1 Å². The van der Waals surface area contributed by atoms with Crippen LogP contribution in [-0.4, -0.2) is 67.7 Å². The minimum absolute atomic E-state index is 0.106. The van der Waals surface area contributed by atoms with E-state index in [9.17, 15) is 14.4 Å². The van der Waals surface area contributed by atoms with Crippen LogP contribution in [0.15, 0.2) is 0 Å². The first kappa shape index (κ1) is 16.5. The predicted molar refractivity (Wildman–Crippen MR) is 62.4 cm³/mol. The number of rotatable bonds is 9. The van der Waals surface area contributed by atoms with Crippen LogP contribution in [-0.2, 0) is 19.1 Å². The number of aliphatic hydroxyl groups is 1. The Kier molecular flexibility index (Phi) is 9.74. The Morgan fingerprint density at radius 1 is 1.39 bits per heavy atom. The fourth-order valence-corrected chi connectivity index (χ4v) is 1.07. The van der Waals surface area contributed by atoms with Gasteiger partial charge in [-0.05, 0) is 13.0 Å². The van der Waals surface area contributed by atoms with Gasteiger partial charge >= 0.3 is 11.8 Å². The second-order valence-electron chi connectivity index (χ2n) is 3.34. The van der Waals surface area contributed by atoms with Crippen molar-refractivity contribution in [3.63, 3.8) is 0 Å². The fraction of sp³-hybridized carbons (Fsp3) is 0.700. The molecule has 0 aromatic carbocycles. The van der Waals surface area contributed by atoms with Crippen LogP contribution < -0.4 is 11.1 Å². The molecule has 0 atom stereocenters. The minimum Gasteiger partial charge on any atom is -0.394 e. The molecule has 0 aromatic heterocycles. The molecule has 0 spiro atoms. The van der Waals surface area contributed by atoms with Crippen molar-refractivity contribution in [2.75, 3.05) is 39.5 Å². The van der Waals surface area contributed by atoms with E-state index in [1.165, 1.54) is 0 Å². The van der Waals surface area contributed by atoms with Gasteiger partial charge < -0.3 is 20.9 Å². The summed E-state index contributed by atoms with van der Waals surface area (Å²) in [4.78, 5) is 34.2. The summed E-state index contributed by atoms with van der Waals surface area (Å²) < 4.78 is 4.89. The Bertz CT molecular complexity index is 272. The summed E-state index contributed by atoms with van der Waals surface area (Å²) in [7, 11) is 0. The molecule has 0 heterocycles. The van der Waals surface area contributed by atoms with Crippen molar-refractivity contribution in [1.82, 2.24) is 10.2 Å². The third-order valence-corrected chi connectivity index (χ3v) is 1.95. The van der Waals surface area contributed by atoms with Crippen LogP contribution in [0.5, 0.6) is 0 Å². The number of amides is 3. The van der Waals surface area contributed by atoms with Crippen molar-refractivity contribution < 1.29 is 24.2 Å². The zero-order chi connectivity index (χ0) is 13.8. The Morgan fingerprint density at radius 3 is 2.67 bits per heavy atom. The second-order valence-corrected chi connectivity index (χ2v) is 3.34. The van der Waals surface area contributed by atoms with Crippen molar-refractivity contribution in [1.29, 1.82) is 0 Å². The van der Waals surface area contributed by atoms with Gasteiger partial charge in [-0.25, -0.2) is 0 Å².